The molecule has 1 aromatic heterocycles. The summed E-state index contributed by atoms with van der Waals surface area (Å²) in [7, 11) is 0. The van der Waals surface area contributed by atoms with Crippen LogP contribution in [0.25, 0.3) is 0 Å². The fourth-order valence-electron chi connectivity index (χ4n) is 1.65. The van der Waals surface area contributed by atoms with E-state index in [0.29, 0.717) is 0 Å². The third kappa shape index (κ3) is 3.58. The summed E-state index contributed by atoms with van der Waals surface area (Å²) in [5.74, 6) is 0. The molecule has 0 fully saturated rings. The van der Waals surface area contributed by atoms with Crippen molar-refractivity contribution in [1.29, 1.82) is 0 Å². The molecule has 0 unspecified atom stereocenters. The standard InChI is InChI=1S/C13H16ClN3/c1-11-3-4-12(13(14)9-11)10-15-6-8-17-7-2-5-16-17/h2-5,7,9,15H,6,8,10H2,1H3. The van der Waals surface area contributed by atoms with Crippen LogP contribution in [-0.4, -0.2) is 16.3 Å². The summed E-state index contributed by atoms with van der Waals surface area (Å²) in [5.41, 5.74) is 2.33. The van der Waals surface area contributed by atoms with Gasteiger partial charge in [0.1, 0.15) is 0 Å². The van der Waals surface area contributed by atoms with Crippen LogP contribution >= 0.6 is 11.6 Å². The van der Waals surface area contributed by atoms with E-state index in [2.05, 4.69) is 22.5 Å². The van der Waals surface area contributed by atoms with Crippen LogP contribution in [0.2, 0.25) is 5.02 Å². The first-order chi connectivity index (χ1) is 8.25. The highest BCUT2D eigenvalue weighted by Crippen LogP contribution is 2.16. The number of halogens is 1. The van der Waals surface area contributed by atoms with Crippen molar-refractivity contribution < 1.29 is 0 Å². The zero-order valence-corrected chi connectivity index (χ0v) is 10.6. The van der Waals surface area contributed by atoms with Crippen LogP contribution in [0.1, 0.15) is 11.1 Å². The van der Waals surface area contributed by atoms with E-state index < -0.39 is 0 Å². The van der Waals surface area contributed by atoms with Crippen molar-refractivity contribution in [1.82, 2.24) is 15.1 Å². The number of hydrogen-bond donors (Lipinski definition) is 1. The average Bonchev–Trinajstić information content (AvgIpc) is 2.79. The number of hydrogen-bond acceptors (Lipinski definition) is 2. The normalized spacial score (nSPS) is 10.7. The van der Waals surface area contributed by atoms with Crippen LogP contribution in [0.5, 0.6) is 0 Å². The molecule has 90 valence electrons. The quantitative estimate of drug-likeness (QED) is 0.826. The Balaban J connectivity index is 1.78. The van der Waals surface area contributed by atoms with Crippen LogP contribution in [0.3, 0.4) is 0 Å². The molecule has 0 aliphatic rings. The molecule has 0 bridgehead atoms. The van der Waals surface area contributed by atoms with Gasteiger partial charge in [0.15, 0.2) is 0 Å². The fourth-order valence-corrected chi connectivity index (χ4v) is 1.95. The molecule has 0 radical (unpaired) electrons. The van der Waals surface area contributed by atoms with Gasteiger partial charge in [-0.1, -0.05) is 23.7 Å². The van der Waals surface area contributed by atoms with Crippen LogP contribution < -0.4 is 5.32 Å². The molecule has 0 amide bonds. The van der Waals surface area contributed by atoms with E-state index in [1.165, 1.54) is 5.56 Å². The Hall–Kier alpha value is -1.32. The van der Waals surface area contributed by atoms with E-state index in [4.69, 9.17) is 11.6 Å². The number of nitrogens with zero attached hydrogens (tertiary/aromatic N) is 2. The molecular formula is C13H16ClN3. The summed E-state index contributed by atoms with van der Waals surface area (Å²) < 4.78 is 1.91. The molecule has 4 heteroatoms. The topological polar surface area (TPSA) is 29.9 Å². The van der Waals surface area contributed by atoms with Crippen molar-refractivity contribution in [3.05, 3.63) is 52.8 Å². The van der Waals surface area contributed by atoms with Gasteiger partial charge in [0.25, 0.3) is 0 Å². The summed E-state index contributed by atoms with van der Waals surface area (Å²) in [6.07, 6.45) is 3.75. The molecule has 3 nitrogen and oxygen atoms in total. The van der Waals surface area contributed by atoms with E-state index in [9.17, 15) is 0 Å². The number of rotatable bonds is 5. The smallest absolute Gasteiger partial charge is 0.0534 e. The van der Waals surface area contributed by atoms with Crippen LogP contribution in [0.15, 0.2) is 36.7 Å². The SMILES string of the molecule is Cc1ccc(CNCCn2cccn2)c(Cl)c1. The number of benzene rings is 1. The van der Waals surface area contributed by atoms with Crippen molar-refractivity contribution in [3.63, 3.8) is 0 Å². The number of nitrogens with one attached hydrogen (secondary N) is 1. The maximum atomic E-state index is 6.15. The second-order valence-corrected chi connectivity index (χ2v) is 4.45. The van der Waals surface area contributed by atoms with Gasteiger partial charge in [-0.15, -0.1) is 0 Å². The first kappa shape index (κ1) is 12.1. The Morgan fingerprint density at radius 3 is 3.00 bits per heavy atom. The van der Waals surface area contributed by atoms with Crippen LogP contribution in [-0.2, 0) is 13.1 Å². The largest absolute Gasteiger partial charge is 0.311 e. The van der Waals surface area contributed by atoms with Gasteiger partial charge < -0.3 is 5.32 Å². The van der Waals surface area contributed by atoms with Gasteiger partial charge in [-0.2, -0.15) is 5.10 Å². The molecule has 2 rings (SSSR count). The number of aromatic nitrogens is 2. The van der Waals surface area contributed by atoms with Crippen molar-refractivity contribution in [2.75, 3.05) is 6.54 Å². The highest BCUT2D eigenvalue weighted by molar-refractivity contribution is 6.31. The second kappa shape index (κ2) is 5.84. The van der Waals surface area contributed by atoms with E-state index in [1.807, 2.05) is 29.9 Å². The zero-order chi connectivity index (χ0) is 12.1. The molecule has 1 heterocycles. The summed E-state index contributed by atoms with van der Waals surface area (Å²) in [4.78, 5) is 0. The molecule has 1 N–H and O–H groups in total. The fraction of sp³-hybridized carbons (Fsp3) is 0.308. The summed E-state index contributed by atoms with van der Waals surface area (Å²) in [5, 5.41) is 8.33. The Morgan fingerprint density at radius 2 is 2.29 bits per heavy atom. The predicted molar refractivity (Wildman–Crippen MR) is 70.1 cm³/mol. The lowest BCUT2D eigenvalue weighted by atomic mass is 10.1. The molecule has 0 spiro atoms. The molecule has 0 aliphatic carbocycles. The van der Waals surface area contributed by atoms with Gasteiger partial charge in [-0.05, 0) is 30.2 Å². The Morgan fingerprint density at radius 1 is 1.41 bits per heavy atom. The summed E-state index contributed by atoms with van der Waals surface area (Å²) in [6.45, 7) is 4.59. The predicted octanol–water partition coefficient (Wildman–Crippen LogP) is 2.63. The maximum Gasteiger partial charge on any atom is 0.0534 e. The molecule has 1 aromatic carbocycles. The summed E-state index contributed by atoms with van der Waals surface area (Å²) in [6, 6.07) is 8.07. The van der Waals surface area contributed by atoms with Gasteiger partial charge in [0.05, 0.1) is 6.54 Å². The van der Waals surface area contributed by atoms with Crippen molar-refractivity contribution in [2.45, 2.75) is 20.0 Å². The van der Waals surface area contributed by atoms with Gasteiger partial charge in [-0.25, -0.2) is 0 Å². The highest BCUT2D eigenvalue weighted by Gasteiger charge is 1.99. The monoisotopic (exact) mass is 249 g/mol. The average molecular weight is 250 g/mol. The van der Waals surface area contributed by atoms with Crippen molar-refractivity contribution in [2.24, 2.45) is 0 Å². The van der Waals surface area contributed by atoms with Gasteiger partial charge >= 0.3 is 0 Å². The Labute approximate surface area is 106 Å². The van der Waals surface area contributed by atoms with Gasteiger partial charge in [-0.3, -0.25) is 4.68 Å². The Bertz CT molecular complexity index is 466. The van der Waals surface area contributed by atoms with Crippen molar-refractivity contribution >= 4 is 11.6 Å². The lowest BCUT2D eigenvalue weighted by Gasteiger charge is -2.07. The van der Waals surface area contributed by atoms with Gasteiger partial charge in [0.2, 0.25) is 0 Å². The van der Waals surface area contributed by atoms with E-state index in [0.717, 1.165) is 30.2 Å². The minimum atomic E-state index is 0.792. The van der Waals surface area contributed by atoms with E-state index in [1.54, 1.807) is 6.20 Å². The van der Waals surface area contributed by atoms with Crippen LogP contribution in [0, 0.1) is 6.92 Å². The molecular weight excluding hydrogens is 234 g/mol. The van der Waals surface area contributed by atoms with E-state index >= 15 is 0 Å². The minimum Gasteiger partial charge on any atom is -0.311 e. The minimum absolute atomic E-state index is 0.792. The molecule has 0 saturated carbocycles. The summed E-state index contributed by atoms with van der Waals surface area (Å²) >= 11 is 6.15. The zero-order valence-electron chi connectivity index (χ0n) is 9.86. The molecule has 2 aromatic rings. The third-order valence-corrected chi connectivity index (χ3v) is 2.95. The molecule has 0 aliphatic heterocycles. The first-order valence-corrected chi connectivity index (χ1v) is 6.06. The molecule has 17 heavy (non-hydrogen) atoms. The lowest BCUT2D eigenvalue weighted by molar-refractivity contribution is 0.555. The third-order valence-electron chi connectivity index (χ3n) is 2.60. The number of aryl methyl sites for hydroxylation is 1. The first-order valence-electron chi connectivity index (χ1n) is 5.69. The van der Waals surface area contributed by atoms with Gasteiger partial charge in [0, 0.05) is 30.5 Å². The van der Waals surface area contributed by atoms with E-state index in [-0.39, 0.29) is 0 Å². The maximum absolute atomic E-state index is 6.15. The second-order valence-electron chi connectivity index (χ2n) is 4.04. The lowest BCUT2D eigenvalue weighted by Crippen LogP contribution is -2.19. The Kier molecular flexibility index (Phi) is 4.18. The van der Waals surface area contributed by atoms with Crippen LogP contribution in [0.4, 0.5) is 0 Å². The molecule has 0 atom stereocenters. The molecule has 0 saturated heterocycles. The van der Waals surface area contributed by atoms with Crippen molar-refractivity contribution in [3.8, 4) is 0 Å². The highest BCUT2D eigenvalue weighted by atomic mass is 35.5.